The van der Waals surface area contributed by atoms with Crippen LogP contribution < -0.4 is 10.1 Å². The molecule has 0 heterocycles. The molecule has 3 heteroatoms. The molecule has 0 spiro atoms. The zero-order valence-electron chi connectivity index (χ0n) is 13.7. The highest BCUT2D eigenvalue weighted by molar-refractivity contribution is 7.99. The molecule has 3 rings (SSSR count). The number of rotatable bonds is 7. The standard InChI is InChI=1S/C21H21NOS/c1-23-19-9-13-21(14-10-19)24-20-11-7-18(8-12-20)16-22-15-17-5-3-2-4-6-17/h2-14,22H,15-16H2,1H3. The van der Waals surface area contributed by atoms with Gasteiger partial charge in [0.15, 0.2) is 0 Å². The second kappa shape index (κ2) is 8.57. The number of methoxy groups -OCH3 is 1. The van der Waals surface area contributed by atoms with Crippen molar-refractivity contribution < 1.29 is 4.74 Å². The van der Waals surface area contributed by atoms with Gasteiger partial charge in [0.25, 0.3) is 0 Å². The van der Waals surface area contributed by atoms with Gasteiger partial charge in [-0.15, -0.1) is 0 Å². The zero-order valence-corrected chi connectivity index (χ0v) is 14.6. The predicted molar refractivity (Wildman–Crippen MR) is 101 cm³/mol. The number of ether oxygens (including phenoxy) is 1. The van der Waals surface area contributed by atoms with E-state index in [-0.39, 0.29) is 0 Å². The summed E-state index contributed by atoms with van der Waals surface area (Å²) in [6, 6.07) is 27.3. The van der Waals surface area contributed by atoms with Gasteiger partial charge in [0.2, 0.25) is 0 Å². The van der Waals surface area contributed by atoms with Crippen LogP contribution in [0.5, 0.6) is 5.75 Å². The van der Waals surface area contributed by atoms with Gasteiger partial charge in [-0.2, -0.15) is 0 Å². The van der Waals surface area contributed by atoms with Gasteiger partial charge in [-0.25, -0.2) is 0 Å². The first kappa shape index (κ1) is 16.6. The molecule has 3 aromatic carbocycles. The summed E-state index contributed by atoms with van der Waals surface area (Å²) < 4.78 is 5.19. The van der Waals surface area contributed by atoms with E-state index in [1.807, 2.05) is 18.2 Å². The van der Waals surface area contributed by atoms with Crippen molar-refractivity contribution in [1.29, 1.82) is 0 Å². The Morgan fingerprint density at radius 1 is 0.708 bits per heavy atom. The van der Waals surface area contributed by atoms with Crippen LogP contribution in [0.4, 0.5) is 0 Å². The zero-order chi connectivity index (χ0) is 16.6. The molecule has 3 aromatic rings. The summed E-state index contributed by atoms with van der Waals surface area (Å²) in [5, 5.41) is 3.48. The number of nitrogens with one attached hydrogen (secondary N) is 1. The van der Waals surface area contributed by atoms with E-state index in [1.54, 1.807) is 18.9 Å². The number of benzene rings is 3. The molecular formula is C21H21NOS. The molecule has 0 aliphatic rings. The van der Waals surface area contributed by atoms with Gasteiger partial charge in [-0.3, -0.25) is 0 Å². The van der Waals surface area contributed by atoms with Crippen molar-refractivity contribution >= 4 is 11.8 Å². The first-order valence-electron chi connectivity index (χ1n) is 7.99. The summed E-state index contributed by atoms with van der Waals surface area (Å²) in [6.07, 6.45) is 0. The largest absolute Gasteiger partial charge is 0.497 e. The van der Waals surface area contributed by atoms with Crippen molar-refractivity contribution in [1.82, 2.24) is 5.32 Å². The maximum atomic E-state index is 5.19. The highest BCUT2D eigenvalue weighted by Crippen LogP contribution is 2.29. The van der Waals surface area contributed by atoms with Crippen LogP contribution in [0.3, 0.4) is 0 Å². The molecule has 2 nitrogen and oxygen atoms in total. The normalized spacial score (nSPS) is 10.5. The lowest BCUT2D eigenvalue weighted by molar-refractivity contribution is 0.414. The van der Waals surface area contributed by atoms with Gasteiger partial charge in [0.05, 0.1) is 7.11 Å². The summed E-state index contributed by atoms with van der Waals surface area (Å²) in [6.45, 7) is 1.77. The van der Waals surface area contributed by atoms with Crippen LogP contribution in [-0.2, 0) is 13.1 Å². The minimum Gasteiger partial charge on any atom is -0.497 e. The summed E-state index contributed by atoms with van der Waals surface area (Å²) >= 11 is 1.76. The van der Waals surface area contributed by atoms with E-state index < -0.39 is 0 Å². The molecule has 0 saturated carbocycles. The first-order valence-corrected chi connectivity index (χ1v) is 8.80. The molecule has 1 N–H and O–H groups in total. The lowest BCUT2D eigenvalue weighted by Gasteiger charge is -2.07. The predicted octanol–water partition coefficient (Wildman–Crippen LogP) is 5.14. The van der Waals surface area contributed by atoms with E-state index in [9.17, 15) is 0 Å². The van der Waals surface area contributed by atoms with Crippen molar-refractivity contribution in [2.24, 2.45) is 0 Å². The first-order chi connectivity index (χ1) is 11.8. The van der Waals surface area contributed by atoms with Crippen molar-refractivity contribution in [2.75, 3.05) is 7.11 Å². The third-order valence-electron chi connectivity index (χ3n) is 3.72. The molecule has 0 saturated heterocycles. The average Bonchev–Trinajstić information content (AvgIpc) is 2.65. The summed E-state index contributed by atoms with van der Waals surface area (Å²) in [5.74, 6) is 0.888. The second-order valence-corrected chi connectivity index (χ2v) is 6.66. The Labute approximate surface area is 147 Å². The fraction of sp³-hybridized carbons (Fsp3) is 0.143. The third kappa shape index (κ3) is 4.88. The summed E-state index contributed by atoms with van der Waals surface area (Å²) in [5.41, 5.74) is 2.61. The molecule has 0 aliphatic heterocycles. The van der Waals surface area contributed by atoms with E-state index in [0.717, 1.165) is 18.8 Å². The van der Waals surface area contributed by atoms with Crippen molar-refractivity contribution in [3.63, 3.8) is 0 Å². The Morgan fingerprint density at radius 3 is 1.83 bits per heavy atom. The highest BCUT2D eigenvalue weighted by atomic mass is 32.2. The van der Waals surface area contributed by atoms with Crippen molar-refractivity contribution in [3.8, 4) is 5.75 Å². The van der Waals surface area contributed by atoms with Gasteiger partial charge in [-0.1, -0.05) is 54.2 Å². The SMILES string of the molecule is COc1ccc(Sc2ccc(CNCc3ccccc3)cc2)cc1. The fourth-order valence-electron chi connectivity index (χ4n) is 2.40. The molecule has 0 bridgehead atoms. The Morgan fingerprint density at radius 2 is 1.25 bits per heavy atom. The smallest absolute Gasteiger partial charge is 0.118 e. The molecule has 0 radical (unpaired) electrons. The van der Waals surface area contributed by atoms with E-state index in [4.69, 9.17) is 4.74 Å². The van der Waals surface area contributed by atoms with Gasteiger partial charge in [-0.05, 0) is 47.5 Å². The lowest BCUT2D eigenvalue weighted by Crippen LogP contribution is -2.12. The molecule has 0 amide bonds. The van der Waals surface area contributed by atoms with E-state index in [1.165, 1.54) is 20.9 Å². The van der Waals surface area contributed by atoms with E-state index >= 15 is 0 Å². The number of hydrogen-bond acceptors (Lipinski definition) is 3. The van der Waals surface area contributed by atoms with Crippen LogP contribution in [0.1, 0.15) is 11.1 Å². The van der Waals surface area contributed by atoms with Gasteiger partial charge >= 0.3 is 0 Å². The number of hydrogen-bond donors (Lipinski definition) is 1. The van der Waals surface area contributed by atoms with E-state index in [2.05, 4.69) is 66.0 Å². The topological polar surface area (TPSA) is 21.3 Å². The maximum absolute atomic E-state index is 5.19. The molecule has 0 atom stereocenters. The quantitative estimate of drug-likeness (QED) is 0.646. The molecule has 0 aromatic heterocycles. The average molecular weight is 335 g/mol. The molecule has 0 unspecified atom stereocenters. The Hall–Kier alpha value is -2.23. The second-order valence-electron chi connectivity index (χ2n) is 5.51. The summed E-state index contributed by atoms with van der Waals surface area (Å²) in [4.78, 5) is 2.46. The highest BCUT2D eigenvalue weighted by Gasteiger charge is 1.99. The van der Waals surface area contributed by atoms with Gasteiger partial charge in [0, 0.05) is 22.9 Å². The lowest BCUT2D eigenvalue weighted by atomic mass is 10.2. The van der Waals surface area contributed by atoms with Crippen LogP contribution >= 0.6 is 11.8 Å². The maximum Gasteiger partial charge on any atom is 0.118 e. The monoisotopic (exact) mass is 335 g/mol. The van der Waals surface area contributed by atoms with Crippen LogP contribution in [0.2, 0.25) is 0 Å². The molecule has 24 heavy (non-hydrogen) atoms. The Bertz CT molecular complexity index is 739. The van der Waals surface area contributed by atoms with Crippen LogP contribution in [0, 0.1) is 0 Å². The van der Waals surface area contributed by atoms with Crippen molar-refractivity contribution in [2.45, 2.75) is 22.9 Å². The minimum atomic E-state index is 0.877. The van der Waals surface area contributed by atoms with Crippen LogP contribution in [0.15, 0.2) is 88.7 Å². The van der Waals surface area contributed by atoms with Gasteiger partial charge < -0.3 is 10.1 Å². The molecule has 122 valence electrons. The minimum absolute atomic E-state index is 0.877. The van der Waals surface area contributed by atoms with Crippen LogP contribution in [-0.4, -0.2) is 7.11 Å². The third-order valence-corrected chi connectivity index (χ3v) is 4.74. The van der Waals surface area contributed by atoms with Crippen molar-refractivity contribution in [3.05, 3.63) is 90.0 Å². The molecule has 0 fully saturated rings. The van der Waals surface area contributed by atoms with Gasteiger partial charge in [0.1, 0.15) is 5.75 Å². The van der Waals surface area contributed by atoms with Crippen LogP contribution in [0.25, 0.3) is 0 Å². The molecular weight excluding hydrogens is 314 g/mol. The Kier molecular flexibility index (Phi) is 5.94. The Balaban J connectivity index is 1.51. The van der Waals surface area contributed by atoms with E-state index in [0.29, 0.717) is 0 Å². The molecule has 0 aliphatic carbocycles. The summed E-state index contributed by atoms with van der Waals surface area (Å²) in [7, 11) is 1.69. The fourth-order valence-corrected chi connectivity index (χ4v) is 3.22.